The third-order valence-electron chi connectivity index (χ3n) is 11.3. The van der Waals surface area contributed by atoms with Crippen molar-refractivity contribution in [2.24, 2.45) is 46.3 Å². The minimum atomic E-state index is -3.62. The Morgan fingerprint density at radius 1 is 1.17 bits per heavy atom. The summed E-state index contributed by atoms with van der Waals surface area (Å²) >= 11 is 0. The Morgan fingerprint density at radius 3 is 2.54 bits per heavy atom. The van der Waals surface area contributed by atoms with E-state index in [1.807, 2.05) is 13.8 Å². The van der Waals surface area contributed by atoms with Crippen LogP contribution in [0.4, 0.5) is 0 Å². The lowest BCUT2D eigenvalue weighted by molar-refractivity contribution is -0.157. The molecule has 200 valence electrons. The Hall–Kier alpha value is -0.500. The van der Waals surface area contributed by atoms with Crippen molar-refractivity contribution in [2.45, 2.75) is 116 Å². The molecule has 0 amide bonds. The normalized spacial score (nSPS) is 47.9. The van der Waals surface area contributed by atoms with E-state index in [1.165, 1.54) is 19.3 Å². The van der Waals surface area contributed by atoms with Gasteiger partial charge in [0.25, 0.3) is 10.1 Å². The van der Waals surface area contributed by atoms with E-state index in [9.17, 15) is 18.3 Å². The van der Waals surface area contributed by atoms with Crippen LogP contribution < -0.4 is 0 Å². The number of ether oxygens (including phenoxy) is 1. The number of epoxide rings is 1. The maximum atomic E-state index is 12.7. The average molecular weight is 511 g/mol. The van der Waals surface area contributed by atoms with E-state index in [1.54, 1.807) is 0 Å². The molecule has 7 heteroatoms. The largest absolute Gasteiger partial charge is 0.390 e. The molecule has 4 aliphatic carbocycles. The number of hydrogen-bond donors (Lipinski definition) is 1. The fraction of sp³-hybridized carbons (Fsp3) is 0.964. The summed E-state index contributed by atoms with van der Waals surface area (Å²) < 4.78 is 36.3. The highest BCUT2D eigenvalue weighted by molar-refractivity contribution is 7.86. The van der Waals surface area contributed by atoms with Crippen LogP contribution in [-0.4, -0.2) is 49.5 Å². The zero-order valence-corrected chi connectivity index (χ0v) is 23.3. The molecule has 4 saturated carbocycles. The molecule has 0 aromatic carbocycles. The SMILES string of the molecule is C[C@H](CCCC(C)(C)O)[C@H]1CC[C@H]2[C@@H]3CC(OS(C)(=O)=O)C4CC(=O)C5OC5[C@]4(C)[C@H]3CC[C@]12C. The van der Waals surface area contributed by atoms with Gasteiger partial charge in [-0.15, -0.1) is 0 Å². The lowest BCUT2D eigenvalue weighted by atomic mass is 9.43. The van der Waals surface area contributed by atoms with Crippen molar-refractivity contribution in [3.8, 4) is 0 Å². The van der Waals surface area contributed by atoms with Crippen LogP contribution in [0.5, 0.6) is 0 Å². The first-order chi connectivity index (χ1) is 16.1. The van der Waals surface area contributed by atoms with Crippen LogP contribution in [0.1, 0.15) is 92.4 Å². The smallest absolute Gasteiger partial charge is 0.264 e. The number of ketones is 1. The summed E-state index contributed by atoms with van der Waals surface area (Å²) in [7, 11) is -3.62. The van der Waals surface area contributed by atoms with Crippen molar-refractivity contribution >= 4 is 15.9 Å². The number of carbonyl (C=O) groups excluding carboxylic acids is 1. The van der Waals surface area contributed by atoms with Gasteiger partial charge in [-0.2, -0.15) is 8.42 Å². The van der Waals surface area contributed by atoms with Crippen LogP contribution in [-0.2, 0) is 23.8 Å². The zero-order chi connectivity index (χ0) is 25.6. The van der Waals surface area contributed by atoms with Crippen LogP contribution in [0.2, 0.25) is 0 Å². The monoisotopic (exact) mass is 510 g/mol. The van der Waals surface area contributed by atoms with Crippen molar-refractivity contribution in [3.05, 3.63) is 0 Å². The van der Waals surface area contributed by atoms with Crippen molar-refractivity contribution in [1.82, 2.24) is 0 Å². The summed E-state index contributed by atoms with van der Waals surface area (Å²) in [4.78, 5) is 12.7. The molecule has 0 bridgehead atoms. The second-order valence-corrected chi connectivity index (χ2v) is 15.6. The van der Waals surface area contributed by atoms with Crippen LogP contribution in [0.25, 0.3) is 0 Å². The molecule has 1 N–H and O–H groups in total. The van der Waals surface area contributed by atoms with Crippen molar-refractivity contribution in [1.29, 1.82) is 0 Å². The summed E-state index contributed by atoms with van der Waals surface area (Å²) in [6, 6.07) is 0. The Labute approximate surface area is 212 Å². The first-order valence-electron chi connectivity index (χ1n) is 13.9. The molecule has 6 nitrogen and oxygen atoms in total. The van der Waals surface area contributed by atoms with Gasteiger partial charge in [0.15, 0.2) is 5.78 Å². The lowest BCUT2D eigenvalue weighted by Crippen LogP contribution is -2.61. The van der Waals surface area contributed by atoms with E-state index in [2.05, 4.69) is 20.8 Å². The standard InChI is InChI=1S/C28H46O6S/c1-16(8-7-12-26(2,3)30)18-9-10-19-17-14-23(34-35(6,31)32)21-15-22(29)24-25(33-24)28(21,5)20(17)11-13-27(18,19)4/h16-21,23-25,30H,7-15H2,1-6H3/t16-,17+,18-,19+,20+,21?,23?,24?,25?,27-,28-/m1/s1. The van der Waals surface area contributed by atoms with Gasteiger partial charge in [-0.1, -0.05) is 33.6 Å². The van der Waals surface area contributed by atoms with E-state index in [0.29, 0.717) is 36.0 Å². The molecule has 1 saturated heterocycles. The summed E-state index contributed by atoms with van der Waals surface area (Å²) in [6.45, 7) is 11.0. The Bertz CT molecular complexity index is 955. The summed E-state index contributed by atoms with van der Waals surface area (Å²) in [6.07, 6.45) is 9.24. The van der Waals surface area contributed by atoms with Gasteiger partial charge in [0.1, 0.15) is 6.10 Å². The van der Waals surface area contributed by atoms with Crippen molar-refractivity contribution in [3.63, 3.8) is 0 Å². The third-order valence-corrected chi connectivity index (χ3v) is 11.9. The van der Waals surface area contributed by atoms with Crippen LogP contribution >= 0.6 is 0 Å². The van der Waals surface area contributed by atoms with Crippen LogP contribution in [0.15, 0.2) is 0 Å². The molecular formula is C28H46O6S. The molecule has 0 radical (unpaired) electrons. The number of rotatable bonds is 7. The van der Waals surface area contributed by atoms with Gasteiger partial charge in [-0.05, 0) is 87.4 Å². The molecule has 0 aromatic rings. The van der Waals surface area contributed by atoms with Crippen molar-refractivity contribution < 1.29 is 27.2 Å². The molecule has 5 rings (SSSR count). The summed E-state index contributed by atoms with van der Waals surface area (Å²) in [5.41, 5.74) is -0.552. The molecule has 5 aliphatic rings. The lowest BCUT2D eigenvalue weighted by Gasteiger charge is -2.61. The molecule has 1 aliphatic heterocycles. The average Bonchev–Trinajstić information content (AvgIpc) is 3.45. The molecule has 5 fully saturated rings. The second-order valence-electron chi connectivity index (χ2n) is 14.0. The molecule has 0 spiro atoms. The summed E-state index contributed by atoms with van der Waals surface area (Å²) in [5, 5.41) is 10.1. The van der Waals surface area contributed by atoms with Crippen molar-refractivity contribution in [2.75, 3.05) is 6.26 Å². The predicted molar refractivity (Wildman–Crippen MR) is 134 cm³/mol. The molecule has 1 heterocycles. The number of Topliss-reactive ketones (excluding diaryl/α,β-unsaturated/α-hetero) is 1. The highest BCUT2D eigenvalue weighted by Gasteiger charge is 2.71. The molecular weight excluding hydrogens is 464 g/mol. The van der Waals surface area contributed by atoms with Crippen LogP contribution in [0.3, 0.4) is 0 Å². The number of fused-ring (bicyclic) bond motifs is 7. The second kappa shape index (κ2) is 8.51. The van der Waals surface area contributed by atoms with Gasteiger partial charge in [0, 0.05) is 17.8 Å². The maximum Gasteiger partial charge on any atom is 0.264 e. The third kappa shape index (κ3) is 4.44. The number of carbonyl (C=O) groups is 1. The first-order valence-corrected chi connectivity index (χ1v) is 15.8. The Morgan fingerprint density at radius 2 is 1.89 bits per heavy atom. The van der Waals surface area contributed by atoms with Gasteiger partial charge in [0.05, 0.1) is 24.1 Å². The Balaban J connectivity index is 1.39. The van der Waals surface area contributed by atoms with E-state index in [0.717, 1.165) is 38.4 Å². The molecule has 4 unspecified atom stereocenters. The number of hydrogen-bond acceptors (Lipinski definition) is 6. The molecule has 11 atom stereocenters. The number of aliphatic hydroxyl groups is 1. The highest BCUT2D eigenvalue weighted by atomic mass is 32.2. The fourth-order valence-corrected chi connectivity index (χ4v) is 10.5. The van der Waals surface area contributed by atoms with Gasteiger partial charge in [-0.3, -0.25) is 8.98 Å². The highest BCUT2D eigenvalue weighted by Crippen LogP contribution is 2.70. The van der Waals surface area contributed by atoms with E-state index in [-0.39, 0.29) is 34.7 Å². The topological polar surface area (TPSA) is 93.2 Å². The van der Waals surface area contributed by atoms with E-state index < -0.39 is 21.8 Å². The zero-order valence-electron chi connectivity index (χ0n) is 22.5. The fourth-order valence-electron chi connectivity index (χ4n) is 9.80. The minimum absolute atomic E-state index is 0.0745. The van der Waals surface area contributed by atoms with Gasteiger partial charge >= 0.3 is 0 Å². The minimum Gasteiger partial charge on any atom is -0.390 e. The van der Waals surface area contributed by atoms with E-state index in [4.69, 9.17) is 8.92 Å². The predicted octanol–water partition coefficient (Wildman–Crippen LogP) is 4.73. The quantitative estimate of drug-likeness (QED) is 0.393. The maximum absolute atomic E-state index is 12.7. The Kier molecular flexibility index (Phi) is 6.35. The van der Waals surface area contributed by atoms with E-state index >= 15 is 0 Å². The van der Waals surface area contributed by atoms with Gasteiger partial charge < -0.3 is 9.84 Å². The first kappa shape index (κ1) is 26.1. The van der Waals surface area contributed by atoms with Gasteiger partial charge in [-0.25, -0.2) is 0 Å². The molecule has 35 heavy (non-hydrogen) atoms. The molecule has 0 aromatic heterocycles. The van der Waals surface area contributed by atoms with Crippen LogP contribution in [0, 0.1) is 46.3 Å². The van der Waals surface area contributed by atoms with Gasteiger partial charge in [0.2, 0.25) is 0 Å². The summed E-state index contributed by atoms with van der Waals surface area (Å²) in [5.74, 6) is 2.73.